The molecule has 0 aliphatic rings. The molecule has 0 aromatic heterocycles. The first-order valence-electron chi connectivity index (χ1n) is 5.24. The number of hydrogen-bond acceptors (Lipinski definition) is 3. The van der Waals surface area contributed by atoms with Gasteiger partial charge in [0.25, 0.3) is 0 Å². The maximum absolute atomic E-state index is 11.7. The minimum atomic E-state index is -0.956. The molecule has 2 atom stereocenters. The number of ether oxygens (including phenoxy) is 1. The van der Waals surface area contributed by atoms with Crippen LogP contribution >= 0.6 is 0 Å². The van der Waals surface area contributed by atoms with Gasteiger partial charge in [0.1, 0.15) is 0 Å². The number of carboxylic acids is 1. The second-order valence-corrected chi connectivity index (χ2v) is 3.88. The van der Waals surface area contributed by atoms with Gasteiger partial charge in [0, 0.05) is 0 Å². The van der Waals surface area contributed by atoms with E-state index in [1.54, 1.807) is 0 Å². The molecule has 0 saturated carbocycles. The first kappa shape index (κ1) is 13.9. The van der Waals surface area contributed by atoms with Gasteiger partial charge in [-0.25, -0.2) is 0 Å². The lowest BCUT2D eigenvalue weighted by Crippen LogP contribution is -2.39. The molecule has 0 fully saturated rings. The molecule has 0 aliphatic carbocycles. The first-order chi connectivity index (χ1) is 6.94. The lowest BCUT2D eigenvalue weighted by molar-refractivity contribution is -0.162. The van der Waals surface area contributed by atoms with Crippen LogP contribution in [0.2, 0.25) is 0 Å². The van der Waals surface area contributed by atoms with Gasteiger partial charge >= 0.3 is 11.9 Å². The summed E-state index contributed by atoms with van der Waals surface area (Å²) in [6, 6.07) is 0. The number of hydrogen-bond donors (Lipinski definition) is 1. The molecule has 0 bridgehead atoms. The number of methoxy groups -OCH3 is 1. The summed E-state index contributed by atoms with van der Waals surface area (Å²) in [6.07, 6.45) is 1.09. The largest absolute Gasteiger partial charge is 0.481 e. The van der Waals surface area contributed by atoms with E-state index >= 15 is 0 Å². The SMILES string of the molecule is CCC(C)C(CC)(CC(=O)O)C(=O)OC. The van der Waals surface area contributed by atoms with E-state index in [4.69, 9.17) is 9.84 Å². The smallest absolute Gasteiger partial charge is 0.312 e. The van der Waals surface area contributed by atoms with Gasteiger partial charge in [-0.1, -0.05) is 27.2 Å². The van der Waals surface area contributed by atoms with Crippen molar-refractivity contribution in [1.29, 1.82) is 0 Å². The van der Waals surface area contributed by atoms with E-state index in [9.17, 15) is 9.59 Å². The number of carboxylic acid groups (broad SMARTS) is 1. The monoisotopic (exact) mass is 216 g/mol. The van der Waals surface area contributed by atoms with Crippen molar-refractivity contribution in [3.8, 4) is 0 Å². The Bertz CT molecular complexity index is 237. The second kappa shape index (κ2) is 5.73. The van der Waals surface area contributed by atoms with Gasteiger partial charge in [-0.05, 0) is 12.3 Å². The molecular formula is C11H20O4. The molecule has 0 spiro atoms. The zero-order chi connectivity index (χ0) is 12.1. The van der Waals surface area contributed by atoms with Gasteiger partial charge in [0.05, 0.1) is 18.9 Å². The highest BCUT2D eigenvalue weighted by Gasteiger charge is 2.44. The van der Waals surface area contributed by atoms with E-state index in [0.29, 0.717) is 6.42 Å². The Morgan fingerprint density at radius 2 is 1.93 bits per heavy atom. The highest BCUT2D eigenvalue weighted by atomic mass is 16.5. The predicted octanol–water partition coefficient (Wildman–Crippen LogP) is 2.08. The third-order valence-electron chi connectivity index (χ3n) is 3.25. The van der Waals surface area contributed by atoms with Crippen LogP contribution in [0.25, 0.3) is 0 Å². The Balaban J connectivity index is 5.09. The maximum atomic E-state index is 11.7. The van der Waals surface area contributed by atoms with E-state index in [0.717, 1.165) is 6.42 Å². The van der Waals surface area contributed by atoms with Crippen LogP contribution in [-0.4, -0.2) is 24.2 Å². The summed E-state index contributed by atoms with van der Waals surface area (Å²) in [7, 11) is 1.30. The molecule has 0 rings (SSSR count). The van der Waals surface area contributed by atoms with Crippen LogP contribution in [0.1, 0.15) is 40.0 Å². The molecule has 4 nitrogen and oxygen atoms in total. The van der Waals surface area contributed by atoms with Crippen molar-refractivity contribution in [3.05, 3.63) is 0 Å². The van der Waals surface area contributed by atoms with Gasteiger partial charge < -0.3 is 9.84 Å². The zero-order valence-corrected chi connectivity index (χ0v) is 9.87. The Labute approximate surface area is 90.6 Å². The van der Waals surface area contributed by atoms with Crippen LogP contribution in [0.15, 0.2) is 0 Å². The molecule has 15 heavy (non-hydrogen) atoms. The molecule has 2 unspecified atom stereocenters. The van der Waals surface area contributed by atoms with Crippen LogP contribution in [0, 0.1) is 11.3 Å². The van der Waals surface area contributed by atoms with Crippen LogP contribution in [0.4, 0.5) is 0 Å². The van der Waals surface area contributed by atoms with Crippen LogP contribution in [-0.2, 0) is 14.3 Å². The van der Waals surface area contributed by atoms with Crippen LogP contribution in [0.5, 0.6) is 0 Å². The summed E-state index contributed by atoms with van der Waals surface area (Å²) in [5, 5.41) is 8.86. The Hall–Kier alpha value is -1.06. The molecule has 0 aromatic rings. The Kier molecular flexibility index (Phi) is 5.33. The first-order valence-corrected chi connectivity index (χ1v) is 5.24. The van der Waals surface area contributed by atoms with E-state index in [1.807, 2.05) is 20.8 Å². The summed E-state index contributed by atoms with van der Waals surface area (Å²) in [5.74, 6) is -1.37. The second-order valence-electron chi connectivity index (χ2n) is 3.88. The Morgan fingerprint density at radius 3 is 2.20 bits per heavy atom. The highest BCUT2D eigenvalue weighted by Crippen LogP contribution is 2.38. The molecule has 0 saturated heterocycles. The fourth-order valence-corrected chi connectivity index (χ4v) is 1.93. The van der Waals surface area contributed by atoms with E-state index in [2.05, 4.69) is 0 Å². The third-order valence-corrected chi connectivity index (χ3v) is 3.25. The molecule has 1 N–H and O–H groups in total. The molecule has 0 radical (unpaired) electrons. The molecular weight excluding hydrogens is 196 g/mol. The predicted molar refractivity (Wildman–Crippen MR) is 56.4 cm³/mol. The molecule has 0 aromatic carbocycles. The number of rotatable bonds is 6. The highest BCUT2D eigenvalue weighted by molar-refractivity contribution is 5.83. The fraction of sp³-hybridized carbons (Fsp3) is 0.818. The number of carbonyl (C=O) groups excluding carboxylic acids is 1. The molecule has 0 heterocycles. The zero-order valence-electron chi connectivity index (χ0n) is 9.87. The average Bonchev–Trinajstić information content (AvgIpc) is 2.23. The van der Waals surface area contributed by atoms with Crippen LogP contribution in [0.3, 0.4) is 0 Å². The van der Waals surface area contributed by atoms with Crippen molar-refractivity contribution < 1.29 is 19.4 Å². The quantitative estimate of drug-likeness (QED) is 0.690. The minimum Gasteiger partial charge on any atom is -0.481 e. The maximum Gasteiger partial charge on any atom is 0.312 e. The van der Waals surface area contributed by atoms with Crippen molar-refractivity contribution in [1.82, 2.24) is 0 Å². The molecule has 88 valence electrons. The van der Waals surface area contributed by atoms with Gasteiger partial charge in [-0.3, -0.25) is 9.59 Å². The number of aliphatic carboxylic acids is 1. The van der Waals surface area contributed by atoms with Gasteiger partial charge in [-0.15, -0.1) is 0 Å². The lowest BCUT2D eigenvalue weighted by atomic mass is 9.70. The minimum absolute atomic E-state index is 0.00560. The van der Waals surface area contributed by atoms with Crippen molar-refractivity contribution in [2.24, 2.45) is 11.3 Å². The molecule has 4 heteroatoms. The van der Waals surface area contributed by atoms with Crippen molar-refractivity contribution in [2.45, 2.75) is 40.0 Å². The Morgan fingerprint density at radius 1 is 1.40 bits per heavy atom. The third kappa shape index (κ3) is 2.94. The topological polar surface area (TPSA) is 63.6 Å². The van der Waals surface area contributed by atoms with Gasteiger partial charge in [0.2, 0.25) is 0 Å². The summed E-state index contributed by atoms with van der Waals surface area (Å²) in [4.78, 5) is 22.5. The standard InChI is InChI=1S/C11H20O4/c1-5-8(3)11(6-2,7-9(12)13)10(14)15-4/h8H,5-7H2,1-4H3,(H,12,13). The molecule has 0 aliphatic heterocycles. The number of esters is 1. The summed E-state index contributed by atoms with van der Waals surface area (Å²) >= 11 is 0. The van der Waals surface area contributed by atoms with E-state index < -0.39 is 17.4 Å². The van der Waals surface area contributed by atoms with E-state index in [1.165, 1.54) is 7.11 Å². The summed E-state index contributed by atoms with van der Waals surface area (Å²) in [5.41, 5.74) is -0.880. The van der Waals surface area contributed by atoms with E-state index in [-0.39, 0.29) is 12.3 Å². The number of carbonyl (C=O) groups is 2. The fourth-order valence-electron chi connectivity index (χ4n) is 1.93. The van der Waals surface area contributed by atoms with Crippen molar-refractivity contribution in [2.75, 3.05) is 7.11 Å². The van der Waals surface area contributed by atoms with Crippen molar-refractivity contribution in [3.63, 3.8) is 0 Å². The van der Waals surface area contributed by atoms with Gasteiger partial charge in [-0.2, -0.15) is 0 Å². The normalized spacial score (nSPS) is 16.5. The summed E-state index contributed by atoms with van der Waals surface area (Å²) < 4.78 is 4.73. The van der Waals surface area contributed by atoms with Crippen molar-refractivity contribution >= 4 is 11.9 Å². The lowest BCUT2D eigenvalue weighted by Gasteiger charge is -2.33. The summed E-state index contributed by atoms with van der Waals surface area (Å²) in [6.45, 7) is 5.66. The van der Waals surface area contributed by atoms with Gasteiger partial charge in [0.15, 0.2) is 0 Å². The average molecular weight is 216 g/mol. The molecule has 0 amide bonds. The van der Waals surface area contributed by atoms with Crippen LogP contribution < -0.4 is 0 Å².